The van der Waals surface area contributed by atoms with Gasteiger partial charge in [-0.3, -0.25) is 0 Å². The molecular weight excluding hydrogens is 210 g/mol. The van der Waals surface area contributed by atoms with Crippen LogP contribution in [0.2, 0.25) is 0 Å². The lowest BCUT2D eigenvalue weighted by molar-refractivity contribution is 0.475. The fraction of sp³-hybridized carbons (Fsp3) is 0.200. The van der Waals surface area contributed by atoms with E-state index in [2.05, 4.69) is 29.6 Å². The molecule has 1 aliphatic rings. The molecule has 0 bridgehead atoms. The standard InChI is InChI=1S/C15H15NO/c17-13-5-1-3-11(9-13)14-6-2-4-12-10-16-8-7-15(12)14/h1-6,9,16-17H,7-8,10H2. The van der Waals surface area contributed by atoms with E-state index < -0.39 is 0 Å². The monoisotopic (exact) mass is 225 g/mol. The summed E-state index contributed by atoms with van der Waals surface area (Å²) in [5.74, 6) is 0.328. The summed E-state index contributed by atoms with van der Waals surface area (Å²) in [6.07, 6.45) is 1.06. The van der Waals surface area contributed by atoms with Crippen molar-refractivity contribution in [3.8, 4) is 16.9 Å². The Bertz CT molecular complexity index is 548. The van der Waals surface area contributed by atoms with Gasteiger partial charge in [-0.2, -0.15) is 0 Å². The molecule has 0 atom stereocenters. The molecule has 2 nitrogen and oxygen atoms in total. The molecule has 0 saturated carbocycles. The number of nitrogens with one attached hydrogen (secondary N) is 1. The second-order valence-electron chi connectivity index (χ2n) is 4.42. The molecule has 0 fully saturated rings. The molecular formula is C15H15NO. The van der Waals surface area contributed by atoms with Gasteiger partial charge in [-0.25, -0.2) is 0 Å². The van der Waals surface area contributed by atoms with Crippen molar-refractivity contribution in [1.82, 2.24) is 5.32 Å². The van der Waals surface area contributed by atoms with Crippen LogP contribution in [-0.2, 0) is 13.0 Å². The predicted molar refractivity (Wildman–Crippen MR) is 69.0 cm³/mol. The van der Waals surface area contributed by atoms with E-state index in [0.29, 0.717) is 5.75 Å². The Balaban J connectivity index is 2.14. The van der Waals surface area contributed by atoms with Crippen LogP contribution in [0.25, 0.3) is 11.1 Å². The highest BCUT2D eigenvalue weighted by molar-refractivity contribution is 5.70. The highest BCUT2D eigenvalue weighted by Gasteiger charge is 2.13. The third-order valence-electron chi connectivity index (χ3n) is 3.30. The summed E-state index contributed by atoms with van der Waals surface area (Å²) in [4.78, 5) is 0. The highest BCUT2D eigenvalue weighted by atomic mass is 16.3. The van der Waals surface area contributed by atoms with Crippen LogP contribution in [0, 0.1) is 0 Å². The molecule has 0 aliphatic carbocycles. The maximum atomic E-state index is 9.57. The van der Waals surface area contributed by atoms with E-state index in [9.17, 15) is 5.11 Å². The maximum Gasteiger partial charge on any atom is 0.116 e. The van der Waals surface area contributed by atoms with Crippen molar-refractivity contribution in [2.45, 2.75) is 13.0 Å². The summed E-state index contributed by atoms with van der Waals surface area (Å²) in [6.45, 7) is 1.98. The first kappa shape index (κ1) is 10.4. The molecule has 0 amide bonds. The number of hydrogen-bond donors (Lipinski definition) is 2. The van der Waals surface area contributed by atoms with Crippen LogP contribution in [0.5, 0.6) is 5.75 Å². The van der Waals surface area contributed by atoms with Crippen molar-refractivity contribution in [2.75, 3.05) is 6.54 Å². The van der Waals surface area contributed by atoms with E-state index in [4.69, 9.17) is 0 Å². The zero-order chi connectivity index (χ0) is 11.7. The van der Waals surface area contributed by atoms with E-state index in [1.807, 2.05) is 12.1 Å². The van der Waals surface area contributed by atoms with Crippen molar-refractivity contribution in [1.29, 1.82) is 0 Å². The molecule has 0 aromatic heterocycles. The van der Waals surface area contributed by atoms with Gasteiger partial charge in [0, 0.05) is 6.54 Å². The van der Waals surface area contributed by atoms with Gasteiger partial charge < -0.3 is 10.4 Å². The van der Waals surface area contributed by atoms with Crippen molar-refractivity contribution < 1.29 is 5.11 Å². The minimum atomic E-state index is 0.328. The Morgan fingerprint density at radius 1 is 1.06 bits per heavy atom. The van der Waals surface area contributed by atoms with E-state index in [1.165, 1.54) is 16.7 Å². The second kappa shape index (κ2) is 4.22. The lowest BCUT2D eigenvalue weighted by atomic mass is 9.91. The number of benzene rings is 2. The summed E-state index contributed by atoms with van der Waals surface area (Å²) in [5, 5.41) is 12.9. The average molecular weight is 225 g/mol. The highest BCUT2D eigenvalue weighted by Crippen LogP contribution is 2.30. The van der Waals surface area contributed by atoms with E-state index in [-0.39, 0.29) is 0 Å². The van der Waals surface area contributed by atoms with Crippen LogP contribution < -0.4 is 5.32 Å². The number of phenolic OH excluding ortho intramolecular Hbond substituents is 1. The Labute approximate surface area is 101 Å². The number of fused-ring (bicyclic) bond motifs is 1. The molecule has 1 aliphatic heterocycles. The predicted octanol–water partition coefficient (Wildman–Crippen LogP) is 2.70. The van der Waals surface area contributed by atoms with Crippen molar-refractivity contribution >= 4 is 0 Å². The van der Waals surface area contributed by atoms with Crippen LogP contribution in [-0.4, -0.2) is 11.7 Å². The fourth-order valence-electron chi connectivity index (χ4n) is 2.48. The Kier molecular flexibility index (Phi) is 2.57. The second-order valence-corrected chi connectivity index (χ2v) is 4.42. The molecule has 86 valence electrons. The average Bonchev–Trinajstić information content (AvgIpc) is 2.38. The van der Waals surface area contributed by atoms with Gasteiger partial charge in [-0.05, 0) is 47.4 Å². The molecule has 0 unspecified atom stereocenters. The first-order valence-electron chi connectivity index (χ1n) is 5.95. The molecule has 1 heterocycles. The maximum absolute atomic E-state index is 9.57. The summed E-state index contributed by atoms with van der Waals surface area (Å²) >= 11 is 0. The summed E-state index contributed by atoms with van der Waals surface area (Å²) < 4.78 is 0. The van der Waals surface area contributed by atoms with Crippen LogP contribution in [0.4, 0.5) is 0 Å². The van der Waals surface area contributed by atoms with Gasteiger partial charge in [-0.15, -0.1) is 0 Å². The van der Waals surface area contributed by atoms with Gasteiger partial charge in [0.15, 0.2) is 0 Å². The minimum absolute atomic E-state index is 0.328. The molecule has 2 aromatic carbocycles. The third kappa shape index (κ3) is 1.92. The van der Waals surface area contributed by atoms with Gasteiger partial charge in [0.2, 0.25) is 0 Å². The molecule has 2 heteroatoms. The van der Waals surface area contributed by atoms with Crippen molar-refractivity contribution in [2.24, 2.45) is 0 Å². The van der Waals surface area contributed by atoms with E-state index >= 15 is 0 Å². The van der Waals surface area contributed by atoms with Crippen molar-refractivity contribution in [3.63, 3.8) is 0 Å². The van der Waals surface area contributed by atoms with E-state index in [1.54, 1.807) is 6.07 Å². The lowest BCUT2D eigenvalue weighted by Gasteiger charge is -2.20. The molecule has 3 rings (SSSR count). The molecule has 0 radical (unpaired) electrons. The normalized spacial score (nSPS) is 14.4. The number of aromatic hydroxyl groups is 1. The van der Waals surface area contributed by atoms with Crippen molar-refractivity contribution in [3.05, 3.63) is 53.6 Å². The number of phenols is 1. The summed E-state index contributed by atoms with van der Waals surface area (Å²) in [7, 11) is 0. The van der Waals surface area contributed by atoms with Gasteiger partial charge >= 0.3 is 0 Å². The minimum Gasteiger partial charge on any atom is -0.508 e. The number of rotatable bonds is 1. The lowest BCUT2D eigenvalue weighted by Crippen LogP contribution is -2.23. The van der Waals surface area contributed by atoms with Gasteiger partial charge in [0.05, 0.1) is 0 Å². The SMILES string of the molecule is Oc1cccc(-c2cccc3c2CCNC3)c1. The fourth-order valence-corrected chi connectivity index (χ4v) is 2.48. The van der Waals surface area contributed by atoms with Crippen LogP contribution in [0.1, 0.15) is 11.1 Å². The van der Waals surface area contributed by atoms with Gasteiger partial charge in [0.1, 0.15) is 5.75 Å². The molecule has 0 saturated heterocycles. The van der Waals surface area contributed by atoms with Gasteiger partial charge in [-0.1, -0.05) is 30.3 Å². The van der Waals surface area contributed by atoms with Crippen LogP contribution in [0.15, 0.2) is 42.5 Å². The summed E-state index contributed by atoms with van der Waals surface area (Å²) in [5.41, 5.74) is 5.14. The molecule has 2 N–H and O–H groups in total. The van der Waals surface area contributed by atoms with E-state index in [0.717, 1.165) is 25.1 Å². The largest absolute Gasteiger partial charge is 0.508 e. The summed E-state index contributed by atoms with van der Waals surface area (Å²) in [6, 6.07) is 13.9. The van der Waals surface area contributed by atoms with Gasteiger partial charge in [0.25, 0.3) is 0 Å². The molecule has 17 heavy (non-hydrogen) atoms. The smallest absolute Gasteiger partial charge is 0.116 e. The number of hydrogen-bond acceptors (Lipinski definition) is 2. The van der Waals surface area contributed by atoms with Crippen LogP contribution in [0.3, 0.4) is 0 Å². The zero-order valence-electron chi connectivity index (χ0n) is 9.61. The first-order valence-corrected chi connectivity index (χ1v) is 5.95. The Morgan fingerprint density at radius 3 is 2.82 bits per heavy atom. The zero-order valence-corrected chi connectivity index (χ0v) is 9.61. The quantitative estimate of drug-likeness (QED) is 0.782. The Hall–Kier alpha value is -1.80. The first-order chi connectivity index (χ1) is 8.34. The third-order valence-corrected chi connectivity index (χ3v) is 3.30. The molecule has 0 spiro atoms. The van der Waals surface area contributed by atoms with Crippen LogP contribution >= 0.6 is 0 Å². The molecule has 2 aromatic rings. The topological polar surface area (TPSA) is 32.3 Å². The Morgan fingerprint density at radius 2 is 1.94 bits per heavy atom.